The predicted molar refractivity (Wildman–Crippen MR) is 149 cm³/mol. The van der Waals surface area contributed by atoms with E-state index in [4.69, 9.17) is 14.2 Å². The van der Waals surface area contributed by atoms with Crippen LogP contribution in [0, 0.1) is 5.21 Å². The predicted octanol–water partition coefficient (Wildman–Crippen LogP) is 5.65. The van der Waals surface area contributed by atoms with Gasteiger partial charge in [0.25, 0.3) is 0 Å². The van der Waals surface area contributed by atoms with E-state index in [9.17, 15) is 10.3 Å². The molecule has 3 aromatic rings. The van der Waals surface area contributed by atoms with Crippen molar-refractivity contribution >= 4 is 5.71 Å². The summed E-state index contributed by atoms with van der Waals surface area (Å²) in [6.07, 6.45) is -0.418. The summed E-state index contributed by atoms with van der Waals surface area (Å²) < 4.78 is 20.3. The monoisotopic (exact) mass is 517 g/mol. The molecule has 38 heavy (non-hydrogen) atoms. The van der Waals surface area contributed by atoms with Crippen LogP contribution < -0.4 is 0 Å². The zero-order valence-electron chi connectivity index (χ0n) is 22.4. The summed E-state index contributed by atoms with van der Waals surface area (Å²) in [6.45, 7) is 5.03. The molecule has 3 aromatic carbocycles. The van der Waals surface area contributed by atoms with Crippen LogP contribution in [0.1, 0.15) is 49.8 Å². The lowest BCUT2D eigenvalue weighted by atomic mass is 9.86. The second-order valence-electron chi connectivity index (χ2n) is 9.97. The molecule has 0 fully saturated rings. The van der Waals surface area contributed by atoms with Gasteiger partial charge in [0.2, 0.25) is 0 Å². The summed E-state index contributed by atoms with van der Waals surface area (Å²) in [4.78, 5) is 0. The fraction of sp³-hybridized carbons (Fsp3) is 0.406. The zero-order valence-corrected chi connectivity index (χ0v) is 22.4. The first-order valence-corrected chi connectivity index (χ1v) is 13.5. The Morgan fingerprint density at radius 2 is 1.18 bits per heavy atom. The van der Waals surface area contributed by atoms with Gasteiger partial charge in [-0.3, -0.25) is 0 Å². The molecule has 0 spiro atoms. The summed E-state index contributed by atoms with van der Waals surface area (Å²) in [5, 5.41) is 24.7. The Bertz CT molecular complexity index is 1130. The highest BCUT2D eigenvalue weighted by atomic mass is 16.6. The summed E-state index contributed by atoms with van der Waals surface area (Å²) in [5.74, 6) is 0. The molecule has 1 aliphatic rings. The molecular formula is C32H39NO5. The van der Waals surface area contributed by atoms with E-state index in [0.717, 1.165) is 21.4 Å². The molecule has 4 rings (SSSR count). The number of hydrogen-bond acceptors (Lipinski definition) is 5. The van der Waals surface area contributed by atoms with Crippen LogP contribution in [-0.2, 0) is 34.0 Å². The van der Waals surface area contributed by atoms with Crippen molar-refractivity contribution in [2.75, 3.05) is 6.54 Å². The third-order valence-corrected chi connectivity index (χ3v) is 7.35. The highest BCUT2D eigenvalue weighted by molar-refractivity contribution is 5.86. The fourth-order valence-electron chi connectivity index (χ4n) is 4.77. The summed E-state index contributed by atoms with van der Waals surface area (Å²) in [6, 6.07) is 29.7. The number of benzene rings is 3. The van der Waals surface area contributed by atoms with Crippen molar-refractivity contribution in [2.24, 2.45) is 0 Å². The average molecular weight is 518 g/mol. The van der Waals surface area contributed by atoms with E-state index < -0.39 is 23.9 Å². The van der Waals surface area contributed by atoms with E-state index in [1.165, 1.54) is 0 Å². The summed E-state index contributed by atoms with van der Waals surface area (Å²) in [7, 11) is 0. The van der Waals surface area contributed by atoms with Crippen LogP contribution in [0.3, 0.4) is 0 Å². The van der Waals surface area contributed by atoms with E-state index >= 15 is 0 Å². The molecule has 1 N–H and O–H groups in total. The molecular weight excluding hydrogens is 478 g/mol. The quantitative estimate of drug-likeness (QED) is 0.234. The Labute approximate surface area is 226 Å². The van der Waals surface area contributed by atoms with Gasteiger partial charge in [-0.05, 0) is 29.5 Å². The van der Waals surface area contributed by atoms with E-state index in [2.05, 4.69) is 0 Å². The van der Waals surface area contributed by atoms with Crippen molar-refractivity contribution in [1.82, 2.24) is 0 Å². The van der Waals surface area contributed by atoms with Crippen molar-refractivity contribution in [3.63, 3.8) is 0 Å². The minimum Gasteiger partial charge on any atom is -0.624 e. The van der Waals surface area contributed by atoms with E-state index in [1.54, 1.807) is 0 Å². The highest BCUT2D eigenvalue weighted by Crippen LogP contribution is 2.29. The largest absolute Gasteiger partial charge is 0.624 e. The van der Waals surface area contributed by atoms with Gasteiger partial charge in [-0.2, -0.15) is 0 Å². The standard InChI is InChI=1S/C32H39NO5/c1-3-32(34,4-2)20-28-30(37-23-26-16-10-6-11-17-26)31(38-24-27-18-12-7-13-19-27)29(21-33(28)35)36-22-25-14-8-5-9-15-25/h5-19,29-31,34H,3-4,20-24H2,1-2H3/t29-,30-,31-/m1/s1. The molecule has 0 saturated carbocycles. The lowest BCUT2D eigenvalue weighted by Crippen LogP contribution is -2.57. The van der Waals surface area contributed by atoms with Crippen molar-refractivity contribution in [3.8, 4) is 0 Å². The van der Waals surface area contributed by atoms with Gasteiger partial charge >= 0.3 is 0 Å². The third-order valence-electron chi connectivity index (χ3n) is 7.35. The molecule has 0 unspecified atom stereocenters. The van der Waals surface area contributed by atoms with E-state index in [0.29, 0.717) is 38.4 Å². The highest BCUT2D eigenvalue weighted by Gasteiger charge is 2.47. The molecule has 1 aliphatic heterocycles. The Morgan fingerprint density at radius 1 is 0.737 bits per heavy atom. The summed E-state index contributed by atoms with van der Waals surface area (Å²) in [5.41, 5.74) is 2.56. The van der Waals surface area contributed by atoms with Crippen molar-refractivity contribution in [3.05, 3.63) is 113 Å². The smallest absolute Gasteiger partial charge is 0.198 e. The fourth-order valence-corrected chi connectivity index (χ4v) is 4.77. The van der Waals surface area contributed by atoms with Gasteiger partial charge < -0.3 is 24.5 Å². The topological polar surface area (TPSA) is 74.0 Å². The molecule has 0 radical (unpaired) electrons. The molecule has 202 valence electrons. The normalized spacial score (nSPS) is 20.0. The third kappa shape index (κ3) is 7.51. The zero-order chi connectivity index (χ0) is 26.8. The molecule has 6 heteroatoms. The average Bonchev–Trinajstić information content (AvgIpc) is 2.97. The number of ether oxygens (including phenoxy) is 3. The van der Waals surface area contributed by atoms with Crippen LogP contribution in [0.25, 0.3) is 0 Å². The summed E-state index contributed by atoms with van der Waals surface area (Å²) >= 11 is 0. The molecule has 0 saturated heterocycles. The second kappa shape index (κ2) is 13.7. The first kappa shape index (κ1) is 28.0. The van der Waals surface area contributed by atoms with Crippen LogP contribution in [0.4, 0.5) is 0 Å². The minimum atomic E-state index is -0.992. The number of nitrogens with zero attached hydrogens (tertiary/aromatic N) is 1. The lowest BCUT2D eigenvalue weighted by molar-refractivity contribution is -0.490. The van der Waals surface area contributed by atoms with Gasteiger partial charge in [0.05, 0.1) is 31.8 Å². The van der Waals surface area contributed by atoms with Gasteiger partial charge in [-0.1, -0.05) is 105 Å². The Kier molecular flexibility index (Phi) is 10.1. The van der Waals surface area contributed by atoms with Crippen LogP contribution in [0.2, 0.25) is 0 Å². The Morgan fingerprint density at radius 3 is 1.66 bits per heavy atom. The molecule has 0 bridgehead atoms. The van der Waals surface area contributed by atoms with Gasteiger partial charge in [-0.25, -0.2) is 4.74 Å². The van der Waals surface area contributed by atoms with Gasteiger partial charge in [0, 0.05) is 0 Å². The van der Waals surface area contributed by atoms with Crippen molar-refractivity contribution in [1.29, 1.82) is 0 Å². The maximum absolute atomic E-state index is 13.5. The number of hydroxylamine groups is 1. The van der Waals surface area contributed by atoms with Gasteiger partial charge in [0.1, 0.15) is 12.2 Å². The minimum absolute atomic E-state index is 0.107. The molecule has 0 amide bonds. The number of aliphatic hydroxyl groups is 1. The first-order chi connectivity index (χ1) is 18.5. The maximum atomic E-state index is 13.5. The lowest BCUT2D eigenvalue weighted by Gasteiger charge is -2.38. The maximum Gasteiger partial charge on any atom is 0.198 e. The first-order valence-electron chi connectivity index (χ1n) is 13.5. The van der Waals surface area contributed by atoms with Crippen LogP contribution in [0.5, 0.6) is 0 Å². The molecule has 6 nitrogen and oxygen atoms in total. The van der Waals surface area contributed by atoms with Crippen molar-refractivity contribution in [2.45, 2.75) is 76.8 Å². The SMILES string of the molecule is CCC(O)(CC)CC1=[N+]([O-])C[C@@H](OCc2ccccc2)[C@@H](OCc2ccccc2)[C@@H]1OCc1ccccc1. The van der Waals surface area contributed by atoms with Gasteiger partial charge in [0.15, 0.2) is 18.4 Å². The molecule has 1 heterocycles. The molecule has 0 aliphatic carbocycles. The Hall–Kier alpha value is -3.03. The van der Waals surface area contributed by atoms with E-state index in [-0.39, 0.29) is 13.0 Å². The van der Waals surface area contributed by atoms with E-state index in [1.807, 2.05) is 105 Å². The van der Waals surface area contributed by atoms with Crippen LogP contribution in [0.15, 0.2) is 91.0 Å². The number of hydrogen-bond donors (Lipinski definition) is 1. The second-order valence-corrected chi connectivity index (χ2v) is 9.97. The Balaban J connectivity index is 1.64. The molecule has 0 aromatic heterocycles. The number of rotatable bonds is 13. The van der Waals surface area contributed by atoms with Crippen LogP contribution >= 0.6 is 0 Å². The van der Waals surface area contributed by atoms with Crippen molar-refractivity contribution < 1.29 is 24.1 Å². The van der Waals surface area contributed by atoms with Crippen LogP contribution in [-0.4, -0.2) is 46.0 Å². The molecule has 3 atom stereocenters. The van der Waals surface area contributed by atoms with Gasteiger partial charge in [-0.15, -0.1) is 0 Å².